The van der Waals surface area contributed by atoms with E-state index in [2.05, 4.69) is 25.5 Å². The number of hydrogen-bond acceptors (Lipinski definition) is 2. The maximum absolute atomic E-state index is 12.2. The third kappa shape index (κ3) is 3.37. The van der Waals surface area contributed by atoms with Crippen LogP contribution >= 0.6 is 8.03 Å². The second-order valence-corrected chi connectivity index (χ2v) is 7.69. The quantitative estimate of drug-likeness (QED) is 0.737. The van der Waals surface area contributed by atoms with Gasteiger partial charge in [0.25, 0.3) is 0 Å². The summed E-state index contributed by atoms with van der Waals surface area (Å²) in [5.74, 6) is 0. The number of halogens is 1. The van der Waals surface area contributed by atoms with E-state index in [0.717, 1.165) is 11.1 Å². The first-order valence-electron chi connectivity index (χ1n) is 5.98. The van der Waals surface area contributed by atoms with E-state index in [1.54, 1.807) is 6.07 Å². The molecule has 0 fully saturated rings. The molecule has 0 saturated carbocycles. The topological polar surface area (TPSA) is 26.3 Å². The summed E-state index contributed by atoms with van der Waals surface area (Å²) in [5, 5.41) is 0.438. The number of rotatable bonds is 2. The van der Waals surface area contributed by atoms with Crippen LogP contribution in [0.3, 0.4) is 0 Å². The summed E-state index contributed by atoms with van der Waals surface area (Å²) >= 11 is 0. The van der Waals surface area contributed by atoms with Gasteiger partial charge in [-0.05, 0) is 27.0 Å². The van der Waals surface area contributed by atoms with Crippen LogP contribution in [0.15, 0.2) is 18.2 Å². The number of benzene rings is 1. The minimum atomic E-state index is -2.42. The van der Waals surface area contributed by atoms with Crippen LogP contribution in [0.1, 0.15) is 52.7 Å². The lowest BCUT2D eigenvalue weighted by Gasteiger charge is -2.24. The summed E-state index contributed by atoms with van der Waals surface area (Å²) in [6, 6.07) is 5.60. The first-order valence-corrected chi connectivity index (χ1v) is 7.16. The summed E-state index contributed by atoms with van der Waals surface area (Å²) in [4.78, 5) is 0. The van der Waals surface area contributed by atoms with Crippen LogP contribution < -0.4 is 5.30 Å². The molecule has 0 amide bonds. The second-order valence-electron chi connectivity index (χ2n) is 6.56. The van der Waals surface area contributed by atoms with Gasteiger partial charge in [-0.1, -0.05) is 53.7 Å². The fourth-order valence-corrected chi connectivity index (χ4v) is 2.67. The molecule has 0 heterocycles. The van der Waals surface area contributed by atoms with Gasteiger partial charge in [0.2, 0.25) is 5.30 Å². The normalized spacial score (nSPS) is 13.6. The third-order valence-electron chi connectivity index (χ3n) is 2.93. The van der Waals surface area contributed by atoms with Crippen molar-refractivity contribution in [1.82, 2.24) is 0 Å². The van der Waals surface area contributed by atoms with Gasteiger partial charge in [0.15, 0.2) is 0 Å². The lowest BCUT2D eigenvalue weighted by atomic mass is 9.81. The Hall–Kier alpha value is -0.790. The summed E-state index contributed by atoms with van der Waals surface area (Å²) in [7, 11) is -2.42. The zero-order chi connectivity index (χ0) is 14.1. The van der Waals surface area contributed by atoms with E-state index in [1.807, 2.05) is 32.9 Å². The Labute approximate surface area is 109 Å². The van der Waals surface area contributed by atoms with Crippen molar-refractivity contribution in [3.05, 3.63) is 29.3 Å². The predicted molar refractivity (Wildman–Crippen MR) is 73.3 cm³/mol. The van der Waals surface area contributed by atoms with Gasteiger partial charge in [-0.2, -0.15) is 0 Å². The summed E-state index contributed by atoms with van der Waals surface area (Å²) < 4.78 is 27.3. The maximum Gasteiger partial charge on any atom is 0.584 e. The molecule has 0 saturated heterocycles. The molecule has 0 bridgehead atoms. The van der Waals surface area contributed by atoms with Gasteiger partial charge in [0.1, 0.15) is 0 Å². The van der Waals surface area contributed by atoms with E-state index in [0.29, 0.717) is 5.30 Å². The van der Waals surface area contributed by atoms with Crippen LogP contribution in [0.5, 0.6) is 0 Å². The van der Waals surface area contributed by atoms with Crippen LogP contribution in [0, 0.1) is 0 Å². The molecule has 0 radical (unpaired) electrons. The van der Waals surface area contributed by atoms with Crippen molar-refractivity contribution < 1.29 is 13.8 Å². The highest BCUT2D eigenvalue weighted by Crippen LogP contribution is 2.33. The average molecular weight is 271 g/mol. The van der Waals surface area contributed by atoms with Crippen LogP contribution in [0.2, 0.25) is 0 Å². The second kappa shape index (κ2) is 5.07. The molecule has 1 rings (SSSR count). The molecule has 2 nitrogen and oxygen atoms in total. The molecular formula is C14H21FO2P+. The monoisotopic (exact) mass is 271 g/mol. The molecule has 100 valence electrons. The molecule has 0 aliphatic rings. The predicted octanol–water partition coefficient (Wildman–Crippen LogP) is 4.55. The molecule has 0 spiro atoms. The molecule has 1 unspecified atom stereocenters. The van der Waals surface area contributed by atoms with E-state index >= 15 is 0 Å². The minimum absolute atomic E-state index is 0.000736. The molecule has 0 N–H and O–H groups in total. The van der Waals surface area contributed by atoms with Gasteiger partial charge in [0.05, 0.1) is 4.73 Å². The van der Waals surface area contributed by atoms with Gasteiger partial charge in [-0.25, -0.2) is 0 Å². The van der Waals surface area contributed by atoms with Crippen molar-refractivity contribution in [3.63, 3.8) is 0 Å². The summed E-state index contributed by atoms with van der Waals surface area (Å²) in [5.41, 5.74) is 1.80. The number of hydrogen-bond donors (Lipinski definition) is 0. The van der Waals surface area contributed by atoms with Crippen molar-refractivity contribution in [3.8, 4) is 0 Å². The smallest absolute Gasteiger partial charge is 0.0561 e. The third-order valence-corrected chi connectivity index (χ3v) is 3.84. The zero-order valence-electron chi connectivity index (χ0n) is 11.9. The Morgan fingerprint density at radius 3 is 2.00 bits per heavy atom. The summed E-state index contributed by atoms with van der Waals surface area (Å²) in [6.07, 6.45) is 0. The maximum atomic E-state index is 12.2. The molecule has 1 aromatic carbocycles. The van der Waals surface area contributed by atoms with E-state index in [4.69, 9.17) is 0 Å². The first kappa shape index (κ1) is 15.3. The SMILES string of the molecule is CC(C)(C)c1ccc([P+](=O)OF)c(C(C)(C)C)c1. The van der Waals surface area contributed by atoms with Crippen LogP contribution in [0.25, 0.3) is 0 Å². The van der Waals surface area contributed by atoms with Gasteiger partial charge in [-0.15, -0.1) is 0 Å². The van der Waals surface area contributed by atoms with E-state index < -0.39 is 8.03 Å². The summed E-state index contributed by atoms with van der Waals surface area (Å²) in [6.45, 7) is 12.4. The molecule has 1 atom stereocenters. The van der Waals surface area contributed by atoms with Crippen molar-refractivity contribution in [2.45, 2.75) is 52.4 Å². The Morgan fingerprint density at radius 1 is 1.06 bits per heavy atom. The minimum Gasteiger partial charge on any atom is -0.0561 e. The van der Waals surface area contributed by atoms with Crippen molar-refractivity contribution in [2.75, 3.05) is 0 Å². The fourth-order valence-electron chi connectivity index (χ4n) is 1.80. The first-order chi connectivity index (χ1) is 8.07. The standard InChI is InChI=1S/C14H21FO2P/c1-13(2,3)10-7-8-12(18(16)17-15)11(9-10)14(4,5)6/h7-9H,1-6H3/q+1. The molecule has 18 heavy (non-hydrogen) atoms. The van der Waals surface area contributed by atoms with Gasteiger partial charge < -0.3 is 0 Å². The lowest BCUT2D eigenvalue weighted by molar-refractivity contribution is 0.00726. The Kier molecular flexibility index (Phi) is 4.30. The van der Waals surface area contributed by atoms with E-state index in [9.17, 15) is 9.09 Å². The highest BCUT2D eigenvalue weighted by molar-refractivity contribution is 7.48. The Bertz CT molecular complexity index is 456. The lowest BCUT2D eigenvalue weighted by Crippen LogP contribution is -2.23. The van der Waals surface area contributed by atoms with Gasteiger partial charge >= 0.3 is 8.03 Å². The Morgan fingerprint density at radius 2 is 1.61 bits per heavy atom. The van der Waals surface area contributed by atoms with Crippen LogP contribution in [-0.4, -0.2) is 0 Å². The molecule has 1 aromatic rings. The zero-order valence-corrected chi connectivity index (χ0v) is 12.8. The van der Waals surface area contributed by atoms with Gasteiger partial charge in [-0.3, -0.25) is 0 Å². The van der Waals surface area contributed by atoms with Crippen molar-refractivity contribution in [2.24, 2.45) is 0 Å². The van der Waals surface area contributed by atoms with E-state index in [1.165, 1.54) is 0 Å². The fraction of sp³-hybridized carbons (Fsp3) is 0.571. The largest absolute Gasteiger partial charge is 0.584 e. The van der Waals surface area contributed by atoms with Crippen LogP contribution in [-0.2, 0) is 20.1 Å². The molecular weight excluding hydrogens is 250 g/mol. The molecule has 4 heteroatoms. The molecule has 0 aromatic heterocycles. The van der Waals surface area contributed by atoms with Crippen molar-refractivity contribution in [1.29, 1.82) is 0 Å². The highest BCUT2D eigenvalue weighted by atomic mass is 31.1. The average Bonchev–Trinajstić information content (AvgIpc) is 2.24. The highest BCUT2D eigenvalue weighted by Gasteiger charge is 2.33. The molecule has 0 aliphatic heterocycles. The van der Waals surface area contributed by atoms with Gasteiger partial charge in [0, 0.05) is 10.1 Å². The Balaban J connectivity index is 3.44. The van der Waals surface area contributed by atoms with Crippen LogP contribution in [0.4, 0.5) is 4.53 Å². The van der Waals surface area contributed by atoms with Crippen molar-refractivity contribution >= 4 is 13.3 Å². The van der Waals surface area contributed by atoms with E-state index in [-0.39, 0.29) is 10.8 Å². The molecule has 0 aliphatic carbocycles.